The Morgan fingerprint density at radius 2 is 2.25 bits per heavy atom. The zero-order valence-corrected chi connectivity index (χ0v) is 14.6. The average molecular weight is 362 g/mol. The maximum Gasteiger partial charge on any atom is 0.267 e. The fourth-order valence-electron chi connectivity index (χ4n) is 2.15. The van der Waals surface area contributed by atoms with Crippen molar-refractivity contribution in [1.82, 2.24) is 14.5 Å². The summed E-state index contributed by atoms with van der Waals surface area (Å²) in [5, 5.41) is 4.88. The van der Waals surface area contributed by atoms with Gasteiger partial charge in [0.2, 0.25) is 0 Å². The van der Waals surface area contributed by atoms with Crippen LogP contribution in [0.2, 0.25) is 0 Å². The number of aromatic nitrogens is 2. The Morgan fingerprint density at radius 3 is 2.85 bits per heavy atom. The van der Waals surface area contributed by atoms with E-state index >= 15 is 0 Å². The predicted molar refractivity (Wildman–Crippen MR) is 82.6 cm³/mol. The highest BCUT2D eigenvalue weighted by Gasteiger charge is 2.34. The molecule has 0 aliphatic carbocycles. The van der Waals surface area contributed by atoms with Crippen LogP contribution < -0.4 is 0 Å². The van der Waals surface area contributed by atoms with E-state index in [-0.39, 0.29) is 23.5 Å². The number of alkyl halides is 1. The van der Waals surface area contributed by atoms with E-state index in [1.807, 2.05) is 32.6 Å². The molecule has 1 aromatic rings. The molecule has 112 valence electrons. The standard InChI is InChI=1S/C13H20BrN3O2S/c1-8-7-19-9(5-14)6-17(8)12(18)10-11(13(2,3)4)15-16-20-10/h8-9H,5-7H2,1-4H3. The van der Waals surface area contributed by atoms with Gasteiger partial charge in [0.15, 0.2) is 0 Å². The van der Waals surface area contributed by atoms with Crippen LogP contribution in [0.4, 0.5) is 0 Å². The van der Waals surface area contributed by atoms with Crippen LogP contribution >= 0.6 is 27.5 Å². The third-order valence-corrected chi connectivity index (χ3v) is 4.77. The maximum atomic E-state index is 12.8. The number of hydrogen-bond acceptors (Lipinski definition) is 5. The Labute approximate surface area is 132 Å². The van der Waals surface area contributed by atoms with E-state index in [1.54, 1.807) is 0 Å². The Kier molecular flexibility index (Phi) is 4.81. The molecule has 5 nitrogen and oxygen atoms in total. The number of ether oxygens (including phenoxy) is 1. The van der Waals surface area contributed by atoms with Crippen LogP contribution in [0.15, 0.2) is 0 Å². The Balaban J connectivity index is 2.24. The van der Waals surface area contributed by atoms with Gasteiger partial charge in [-0.2, -0.15) is 0 Å². The fraction of sp³-hybridized carbons (Fsp3) is 0.769. The van der Waals surface area contributed by atoms with Crippen molar-refractivity contribution in [2.75, 3.05) is 18.5 Å². The van der Waals surface area contributed by atoms with E-state index in [0.29, 0.717) is 18.0 Å². The SMILES string of the molecule is CC1COC(CBr)CN1C(=O)c1snnc1C(C)(C)C. The van der Waals surface area contributed by atoms with Gasteiger partial charge in [0, 0.05) is 17.3 Å². The van der Waals surface area contributed by atoms with E-state index in [9.17, 15) is 4.79 Å². The van der Waals surface area contributed by atoms with Crippen LogP contribution in [0.1, 0.15) is 43.1 Å². The van der Waals surface area contributed by atoms with Gasteiger partial charge in [0.05, 0.1) is 24.4 Å². The van der Waals surface area contributed by atoms with Gasteiger partial charge >= 0.3 is 0 Å². The smallest absolute Gasteiger partial charge is 0.267 e. The third kappa shape index (κ3) is 3.20. The second-order valence-electron chi connectivity index (χ2n) is 6.12. The molecule has 2 rings (SSSR count). The second-order valence-corrected chi connectivity index (χ2v) is 7.52. The quantitative estimate of drug-likeness (QED) is 0.759. The highest BCUT2D eigenvalue weighted by atomic mass is 79.9. The minimum atomic E-state index is -0.178. The summed E-state index contributed by atoms with van der Waals surface area (Å²) in [7, 11) is 0. The lowest BCUT2D eigenvalue weighted by molar-refractivity contribution is -0.0360. The molecule has 0 bridgehead atoms. The molecule has 1 amide bonds. The first-order valence-electron chi connectivity index (χ1n) is 6.66. The highest BCUT2D eigenvalue weighted by molar-refractivity contribution is 9.09. The number of nitrogens with zero attached hydrogens (tertiary/aromatic N) is 3. The molecular weight excluding hydrogens is 342 g/mol. The largest absolute Gasteiger partial charge is 0.373 e. The summed E-state index contributed by atoms with van der Waals surface area (Å²) >= 11 is 4.60. The molecule has 2 unspecified atom stereocenters. The van der Waals surface area contributed by atoms with Gasteiger partial charge in [-0.15, -0.1) is 5.10 Å². The van der Waals surface area contributed by atoms with Crippen LogP contribution in [-0.2, 0) is 10.2 Å². The van der Waals surface area contributed by atoms with Crippen LogP contribution in [0.3, 0.4) is 0 Å². The Hall–Kier alpha value is -0.530. The van der Waals surface area contributed by atoms with Crippen LogP contribution in [0.25, 0.3) is 0 Å². The topological polar surface area (TPSA) is 55.3 Å². The zero-order valence-electron chi connectivity index (χ0n) is 12.2. The van der Waals surface area contributed by atoms with Crippen LogP contribution in [0, 0.1) is 0 Å². The molecule has 7 heteroatoms. The van der Waals surface area contributed by atoms with Gasteiger partial charge in [-0.3, -0.25) is 4.79 Å². The van der Waals surface area contributed by atoms with E-state index < -0.39 is 0 Å². The van der Waals surface area contributed by atoms with Gasteiger partial charge < -0.3 is 9.64 Å². The molecule has 0 aromatic carbocycles. The van der Waals surface area contributed by atoms with Crippen molar-refractivity contribution in [3.8, 4) is 0 Å². The van der Waals surface area contributed by atoms with Gasteiger partial charge in [-0.05, 0) is 18.5 Å². The Bertz CT molecular complexity index is 486. The lowest BCUT2D eigenvalue weighted by atomic mass is 9.91. The molecule has 1 aliphatic rings. The normalized spacial score (nSPS) is 23.9. The van der Waals surface area contributed by atoms with Gasteiger partial charge in [0.25, 0.3) is 5.91 Å². The number of rotatable bonds is 2. The third-order valence-electron chi connectivity index (χ3n) is 3.33. The number of carbonyl (C=O) groups excluding carboxylic acids is 1. The first-order valence-corrected chi connectivity index (χ1v) is 8.55. The van der Waals surface area contributed by atoms with Crippen molar-refractivity contribution in [1.29, 1.82) is 0 Å². The summed E-state index contributed by atoms with van der Waals surface area (Å²) in [5.74, 6) is 0.0201. The Morgan fingerprint density at radius 1 is 1.55 bits per heavy atom. The molecule has 0 radical (unpaired) electrons. The molecule has 20 heavy (non-hydrogen) atoms. The summed E-state index contributed by atoms with van der Waals surface area (Å²) in [4.78, 5) is 15.3. The van der Waals surface area contributed by atoms with E-state index in [2.05, 4.69) is 25.5 Å². The summed E-state index contributed by atoms with van der Waals surface area (Å²) in [5.41, 5.74) is 0.601. The maximum absolute atomic E-state index is 12.8. The van der Waals surface area contributed by atoms with Crippen molar-refractivity contribution in [3.05, 3.63) is 10.6 Å². The minimum Gasteiger partial charge on any atom is -0.373 e. The molecule has 2 atom stereocenters. The van der Waals surface area contributed by atoms with Gasteiger partial charge in [-0.1, -0.05) is 41.2 Å². The first-order chi connectivity index (χ1) is 9.34. The predicted octanol–water partition coefficient (Wildman–Crippen LogP) is 2.46. The van der Waals surface area contributed by atoms with E-state index in [4.69, 9.17) is 4.74 Å². The number of halogens is 1. The molecule has 1 aromatic heterocycles. The average Bonchev–Trinajstić information content (AvgIpc) is 2.87. The van der Waals surface area contributed by atoms with Gasteiger partial charge in [0.1, 0.15) is 4.88 Å². The van der Waals surface area contributed by atoms with E-state index in [1.165, 1.54) is 11.5 Å². The van der Waals surface area contributed by atoms with Crippen LogP contribution in [-0.4, -0.2) is 51.0 Å². The summed E-state index contributed by atoms with van der Waals surface area (Å²) < 4.78 is 9.64. The summed E-state index contributed by atoms with van der Waals surface area (Å²) in [6.07, 6.45) is 0.0501. The van der Waals surface area contributed by atoms with Crippen molar-refractivity contribution in [2.24, 2.45) is 0 Å². The molecular formula is C13H20BrN3O2S. The van der Waals surface area contributed by atoms with Crippen molar-refractivity contribution < 1.29 is 9.53 Å². The lowest BCUT2D eigenvalue weighted by Gasteiger charge is -2.37. The number of carbonyl (C=O) groups is 1. The summed E-state index contributed by atoms with van der Waals surface area (Å²) in [6.45, 7) is 9.32. The van der Waals surface area contributed by atoms with Crippen molar-refractivity contribution in [3.63, 3.8) is 0 Å². The fourth-order valence-corrected chi connectivity index (χ4v) is 3.37. The molecule has 1 fully saturated rings. The molecule has 1 aliphatic heterocycles. The lowest BCUT2D eigenvalue weighted by Crippen LogP contribution is -2.51. The van der Waals surface area contributed by atoms with Crippen molar-refractivity contribution >= 4 is 33.4 Å². The first kappa shape index (κ1) is 15.9. The highest BCUT2D eigenvalue weighted by Crippen LogP contribution is 2.28. The molecule has 0 N–H and O–H groups in total. The molecule has 0 spiro atoms. The molecule has 2 heterocycles. The number of hydrogen-bond donors (Lipinski definition) is 0. The monoisotopic (exact) mass is 361 g/mol. The zero-order chi connectivity index (χ0) is 14.9. The molecule has 1 saturated heterocycles. The molecule has 0 saturated carbocycles. The minimum absolute atomic E-state index is 0.0201. The van der Waals surface area contributed by atoms with Crippen molar-refractivity contribution in [2.45, 2.75) is 45.3 Å². The number of amides is 1. The number of morpholine rings is 1. The summed E-state index contributed by atoms with van der Waals surface area (Å²) in [6, 6.07) is 0.0766. The van der Waals surface area contributed by atoms with Gasteiger partial charge in [-0.25, -0.2) is 0 Å². The van der Waals surface area contributed by atoms with E-state index in [0.717, 1.165) is 11.0 Å². The second kappa shape index (κ2) is 6.07. The van der Waals surface area contributed by atoms with Crippen LogP contribution in [0.5, 0.6) is 0 Å².